The number of rotatable bonds is 5. The Hall–Kier alpha value is -1.51. The molecule has 1 N–H and O–H groups in total. The predicted octanol–water partition coefficient (Wildman–Crippen LogP) is 5.00. The molecule has 2 nitrogen and oxygen atoms in total. The van der Waals surface area contributed by atoms with E-state index in [1.54, 1.807) is 0 Å². The van der Waals surface area contributed by atoms with Crippen LogP contribution in [0.2, 0.25) is 5.02 Å². The molecule has 0 heterocycles. The van der Waals surface area contributed by atoms with Crippen LogP contribution in [-0.2, 0) is 6.54 Å². The predicted molar refractivity (Wildman–Crippen MR) is 87.3 cm³/mol. The zero-order chi connectivity index (χ0) is 14.8. The van der Waals surface area contributed by atoms with E-state index in [9.17, 15) is 0 Å². The molecule has 0 amide bonds. The van der Waals surface area contributed by atoms with E-state index in [0.717, 1.165) is 29.2 Å². The molecule has 110 valence electrons. The summed E-state index contributed by atoms with van der Waals surface area (Å²) in [4.78, 5) is 0. The quantitative estimate of drug-likeness (QED) is 0.839. The van der Waals surface area contributed by atoms with Crippen molar-refractivity contribution in [3.8, 4) is 11.5 Å². The lowest BCUT2D eigenvalue weighted by molar-refractivity contribution is 0.468. The SMILES string of the molecule is Cc1ccc(C)c(Oc2cc(Cl)ccc2CNC2CC2)c1. The van der Waals surface area contributed by atoms with E-state index >= 15 is 0 Å². The van der Waals surface area contributed by atoms with Crippen LogP contribution in [0.4, 0.5) is 0 Å². The molecule has 0 aliphatic heterocycles. The molecule has 0 bridgehead atoms. The van der Waals surface area contributed by atoms with Crippen molar-refractivity contribution in [2.75, 3.05) is 0 Å². The monoisotopic (exact) mass is 301 g/mol. The minimum atomic E-state index is 0.675. The second kappa shape index (κ2) is 6.08. The van der Waals surface area contributed by atoms with Crippen molar-refractivity contribution < 1.29 is 4.74 Å². The molecule has 1 fully saturated rings. The molecular formula is C18H20ClNO. The lowest BCUT2D eigenvalue weighted by atomic mass is 10.1. The van der Waals surface area contributed by atoms with Crippen molar-refractivity contribution >= 4 is 11.6 Å². The zero-order valence-corrected chi connectivity index (χ0v) is 13.2. The summed E-state index contributed by atoms with van der Waals surface area (Å²) in [5.74, 6) is 1.73. The maximum atomic E-state index is 6.13. The van der Waals surface area contributed by atoms with Gasteiger partial charge < -0.3 is 10.1 Å². The molecule has 21 heavy (non-hydrogen) atoms. The summed E-state index contributed by atoms with van der Waals surface area (Å²) >= 11 is 6.13. The fourth-order valence-electron chi connectivity index (χ4n) is 2.25. The van der Waals surface area contributed by atoms with E-state index < -0.39 is 0 Å². The van der Waals surface area contributed by atoms with Crippen molar-refractivity contribution in [3.05, 3.63) is 58.1 Å². The summed E-state index contributed by atoms with van der Waals surface area (Å²) in [5, 5.41) is 4.22. The Kier molecular flexibility index (Phi) is 4.18. The maximum absolute atomic E-state index is 6.13. The number of aryl methyl sites for hydroxylation is 2. The number of nitrogens with one attached hydrogen (secondary N) is 1. The van der Waals surface area contributed by atoms with Crippen molar-refractivity contribution in [1.82, 2.24) is 5.32 Å². The van der Waals surface area contributed by atoms with Crippen LogP contribution in [0.3, 0.4) is 0 Å². The molecule has 0 saturated heterocycles. The Bertz CT molecular complexity index is 650. The van der Waals surface area contributed by atoms with Crippen LogP contribution in [0.5, 0.6) is 11.5 Å². The lowest BCUT2D eigenvalue weighted by Crippen LogP contribution is -2.15. The van der Waals surface area contributed by atoms with E-state index in [2.05, 4.69) is 37.4 Å². The Balaban J connectivity index is 1.85. The molecule has 2 aromatic carbocycles. The molecule has 2 aromatic rings. The minimum absolute atomic E-state index is 0.675. The third kappa shape index (κ3) is 3.78. The van der Waals surface area contributed by atoms with Crippen molar-refractivity contribution in [2.45, 2.75) is 39.3 Å². The Morgan fingerprint density at radius 3 is 2.67 bits per heavy atom. The normalized spacial score (nSPS) is 14.2. The molecule has 0 unspecified atom stereocenters. The topological polar surface area (TPSA) is 21.3 Å². The van der Waals surface area contributed by atoms with E-state index in [1.165, 1.54) is 18.4 Å². The van der Waals surface area contributed by atoms with Crippen LogP contribution in [0.25, 0.3) is 0 Å². The van der Waals surface area contributed by atoms with E-state index in [1.807, 2.05) is 18.2 Å². The summed E-state index contributed by atoms with van der Waals surface area (Å²) in [6, 6.07) is 12.8. The molecule has 1 aliphatic carbocycles. The van der Waals surface area contributed by atoms with Gasteiger partial charge in [0.15, 0.2) is 0 Å². The van der Waals surface area contributed by atoms with Gasteiger partial charge in [-0.3, -0.25) is 0 Å². The first-order chi connectivity index (χ1) is 10.1. The Labute approximate surface area is 131 Å². The number of hydrogen-bond acceptors (Lipinski definition) is 2. The molecule has 0 atom stereocenters. The van der Waals surface area contributed by atoms with Crippen molar-refractivity contribution in [2.24, 2.45) is 0 Å². The smallest absolute Gasteiger partial charge is 0.133 e. The number of benzene rings is 2. The van der Waals surface area contributed by atoms with Crippen molar-refractivity contribution in [3.63, 3.8) is 0 Å². The number of hydrogen-bond donors (Lipinski definition) is 1. The van der Waals surface area contributed by atoms with E-state index in [-0.39, 0.29) is 0 Å². The molecule has 3 heteroatoms. The maximum Gasteiger partial charge on any atom is 0.133 e. The van der Waals surface area contributed by atoms with Gasteiger partial charge in [-0.05, 0) is 56.0 Å². The highest BCUT2D eigenvalue weighted by molar-refractivity contribution is 6.30. The standard InChI is InChI=1S/C18H20ClNO/c1-12-3-4-13(2)17(9-12)21-18-10-15(19)6-5-14(18)11-20-16-7-8-16/h3-6,9-10,16,20H,7-8,11H2,1-2H3. The second-order valence-electron chi connectivity index (χ2n) is 5.78. The molecule has 0 spiro atoms. The zero-order valence-electron chi connectivity index (χ0n) is 12.4. The van der Waals surface area contributed by atoms with Crippen LogP contribution in [0.15, 0.2) is 36.4 Å². The highest BCUT2D eigenvalue weighted by Gasteiger charge is 2.20. The molecular weight excluding hydrogens is 282 g/mol. The van der Waals surface area contributed by atoms with Crippen LogP contribution >= 0.6 is 11.6 Å². The first-order valence-electron chi connectivity index (χ1n) is 7.39. The molecule has 3 rings (SSSR count). The van der Waals surface area contributed by atoms with Gasteiger partial charge in [-0.2, -0.15) is 0 Å². The Morgan fingerprint density at radius 2 is 1.90 bits per heavy atom. The van der Waals surface area contributed by atoms with Gasteiger partial charge in [-0.15, -0.1) is 0 Å². The van der Waals surface area contributed by atoms with Gasteiger partial charge in [0, 0.05) is 23.2 Å². The average molecular weight is 302 g/mol. The number of ether oxygens (including phenoxy) is 1. The third-order valence-electron chi connectivity index (χ3n) is 3.75. The van der Waals surface area contributed by atoms with Gasteiger partial charge in [-0.25, -0.2) is 0 Å². The summed E-state index contributed by atoms with van der Waals surface area (Å²) in [5.41, 5.74) is 3.46. The highest BCUT2D eigenvalue weighted by Crippen LogP contribution is 2.31. The second-order valence-corrected chi connectivity index (χ2v) is 6.21. The molecule has 1 saturated carbocycles. The van der Waals surface area contributed by atoms with Gasteiger partial charge in [-0.1, -0.05) is 29.8 Å². The summed E-state index contributed by atoms with van der Waals surface area (Å²) < 4.78 is 6.13. The van der Waals surface area contributed by atoms with Crippen molar-refractivity contribution in [1.29, 1.82) is 0 Å². The van der Waals surface area contributed by atoms with E-state index in [0.29, 0.717) is 11.1 Å². The Morgan fingerprint density at radius 1 is 1.10 bits per heavy atom. The first-order valence-corrected chi connectivity index (χ1v) is 7.76. The van der Waals surface area contributed by atoms with Gasteiger partial charge >= 0.3 is 0 Å². The van der Waals surface area contributed by atoms with Crippen LogP contribution in [0.1, 0.15) is 29.5 Å². The summed E-state index contributed by atoms with van der Waals surface area (Å²) in [6.07, 6.45) is 2.56. The van der Waals surface area contributed by atoms with Gasteiger partial charge in [0.1, 0.15) is 11.5 Å². The van der Waals surface area contributed by atoms with Gasteiger partial charge in [0.05, 0.1) is 0 Å². The third-order valence-corrected chi connectivity index (χ3v) is 3.99. The van der Waals surface area contributed by atoms with Crippen LogP contribution < -0.4 is 10.1 Å². The van der Waals surface area contributed by atoms with Gasteiger partial charge in [0.25, 0.3) is 0 Å². The van der Waals surface area contributed by atoms with Crippen LogP contribution in [0, 0.1) is 13.8 Å². The fraction of sp³-hybridized carbons (Fsp3) is 0.333. The molecule has 0 radical (unpaired) electrons. The summed E-state index contributed by atoms with van der Waals surface area (Å²) in [7, 11) is 0. The highest BCUT2D eigenvalue weighted by atomic mass is 35.5. The first kappa shape index (κ1) is 14.4. The van der Waals surface area contributed by atoms with E-state index in [4.69, 9.17) is 16.3 Å². The van der Waals surface area contributed by atoms with Gasteiger partial charge in [0.2, 0.25) is 0 Å². The molecule has 0 aromatic heterocycles. The lowest BCUT2D eigenvalue weighted by Gasteiger charge is -2.14. The van der Waals surface area contributed by atoms with Crippen LogP contribution in [-0.4, -0.2) is 6.04 Å². The average Bonchev–Trinajstić information content (AvgIpc) is 3.26. The fourth-order valence-corrected chi connectivity index (χ4v) is 2.41. The summed E-state index contributed by atoms with van der Waals surface area (Å²) in [6.45, 7) is 4.95. The minimum Gasteiger partial charge on any atom is -0.457 e. The molecule has 1 aliphatic rings. The number of halogens is 1. The largest absolute Gasteiger partial charge is 0.457 e.